The average molecular weight is 513 g/mol. The van der Waals surface area contributed by atoms with Crippen molar-refractivity contribution in [3.05, 3.63) is 95.1 Å². The van der Waals surface area contributed by atoms with E-state index in [1.54, 1.807) is 36.4 Å². The van der Waals surface area contributed by atoms with E-state index < -0.39 is 18.6 Å². The standard InChI is InChI=1S/C30H28N2O6/c1-2-37-25-13-9-21(10-14-25)27(33)19-38-30(36)22-7-11-24(12-8-22)32-28(34)17-26(29(32)35)31-16-15-20-5-3-4-6-23(20)18-31/h3-14,26H,2,15-19H2,1H3. The van der Waals surface area contributed by atoms with Gasteiger partial charge in [-0.2, -0.15) is 0 Å². The molecule has 1 unspecified atom stereocenters. The number of nitrogens with zero attached hydrogens (tertiary/aromatic N) is 2. The number of carbonyl (C=O) groups excluding carboxylic acids is 4. The second-order valence-electron chi connectivity index (χ2n) is 9.28. The Labute approximate surface area is 220 Å². The topological polar surface area (TPSA) is 93.2 Å². The van der Waals surface area contributed by atoms with E-state index in [0.29, 0.717) is 36.7 Å². The lowest BCUT2D eigenvalue weighted by atomic mass is 9.98. The number of carbonyl (C=O) groups is 4. The molecule has 2 heterocycles. The summed E-state index contributed by atoms with van der Waals surface area (Å²) >= 11 is 0. The van der Waals surface area contributed by atoms with E-state index in [4.69, 9.17) is 9.47 Å². The fourth-order valence-corrected chi connectivity index (χ4v) is 4.90. The molecule has 1 fully saturated rings. The Balaban J connectivity index is 1.19. The van der Waals surface area contributed by atoms with Crippen molar-refractivity contribution in [2.75, 3.05) is 24.7 Å². The van der Waals surface area contributed by atoms with E-state index in [1.165, 1.54) is 28.2 Å². The monoisotopic (exact) mass is 512 g/mol. The van der Waals surface area contributed by atoms with E-state index in [2.05, 4.69) is 17.0 Å². The van der Waals surface area contributed by atoms with E-state index in [-0.39, 0.29) is 29.6 Å². The molecule has 5 rings (SSSR count). The molecule has 2 aliphatic rings. The number of ketones is 1. The highest BCUT2D eigenvalue weighted by atomic mass is 16.5. The summed E-state index contributed by atoms with van der Waals surface area (Å²) in [4.78, 5) is 54.2. The van der Waals surface area contributed by atoms with Crippen LogP contribution in [0, 0.1) is 0 Å². The van der Waals surface area contributed by atoms with Gasteiger partial charge in [-0.05, 0) is 73.0 Å². The number of benzene rings is 3. The van der Waals surface area contributed by atoms with Gasteiger partial charge in [0.05, 0.1) is 30.3 Å². The van der Waals surface area contributed by atoms with Crippen molar-refractivity contribution in [3.63, 3.8) is 0 Å². The third-order valence-corrected chi connectivity index (χ3v) is 6.91. The highest BCUT2D eigenvalue weighted by Crippen LogP contribution is 2.29. The minimum absolute atomic E-state index is 0.123. The zero-order valence-electron chi connectivity index (χ0n) is 21.1. The first kappa shape index (κ1) is 25.4. The molecule has 0 bridgehead atoms. The lowest BCUT2D eigenvalue weighted by Gasteiger charge is -2.32. The smallest absolute Gasteiger partial charge is 0.338 e. The zero-order valence-corrected chi connectivity index (χ0v) is 21.1. The first-order valence-corrected chi connectivity index (χ1v) is 12.7. The van der Waals surface area contributed by atoms with Gasteiger partial charge in [0, 0.05) is 18.7 Å². The molecular weight excluding hydrogens is 484 g/mol. The summed E-state index contributed by atoms with van der Waals surface area (Å²) in [6, 6.07) is 20.4. The van der Waals surface area contributed by atoms with E-state index in [1.807, 2.05) is 19.1 Å². The third kappa shape index (κ3) is 5.21. The molecule has 0 N–H and O–H groups in total. The summed E-state index contributed by atoms with van der Waals surface area (Å²) in [5, 5.41) is 0. The maximum atomic E-state index is 13.2. The van der Waals surface area contributed by atoms with E-state index in [9.17, 15) is 19.2 Å². The van der Waals surface area contributed by atoms with Gasteiger partial charge in [0.1, 0.15) is 5.75 Å². The van der Waals surface area contributed by atoms with Crippen LogP contribution in [-0.4, -0.2) is 54.3 Å². The van der Waals surface area contributed by atoms with Crippen LogP contribution in [-0.2, 0) is 27.3 Å². The van der Waals surface area contributed by atoms with Gasteiger partial charge in [-0.25, -0.2) is 9.69 Å². The second kappa shape index (κ2) is 11.0. The van der Waals surface area contributed by atoms with Gasteiger partial charge in [0.15, 0.2) is 12.4 Å². The highest BCUT2D eigenvalue weighted by molar-refractivity contribution is 6.22. The van der Waals surface area contributed by atoms with Crippen LogP contribution < -0.4 is 9.64 Å². The van der Waals surface area contributed by atoms with Crippen LogP contribution >= 0.6 is 0 Å². The Morgan fingerprint density at radius 3 is 2.29 bits per heavy atom. The molecule has 8 heteroatoms. The Kier molecular flexibility index (Phi) is 7.33. The average Bonchev–Trinajstić information content (AvgIpc) is 3.25. The van der Waals surface area contributed by atoms with Crippen molar-refractivity contribution >= 4 is 29.3 Å². The van der Waals surface area contributed by atoms with Gasteiger partial charge in [0.25, 0.3) is 5.91 Å². The molecule has 0 spiro atoms. The minimum Gasteiger partial charge on any atom is -0.494 e. The van der Waals surface area contributed by atoms with Gasteiger partial charge in [-0.1, -0.05) is 24.3 Å². The molecule has 38 heavy (non-hydrogen) atoms. The van der Waals surface area contributed by atoms with Crippen molar-refractivity contribution in [2.45, 2.75) is 32.4 Å². The van der Waals surface area contributed by atoms with Crippen LogP contribution in [0.15, 0.2) is 72.8 Å². The van der Waals surface area contributed by atoms with Crippen molar-refractivity contribution in [3.8, 4) is 5.75 Å². The number of fused-ring (bicyclic) bond motifs is 1. The fourth-order valence-electron chi connectivity index (χ4n) is 4.90. The van der Waals surface area contributed by atoms with Crippen LogP contribution in [0.4, 0.5) is 5.69 Å². The Morgan fingerprint density at radius 2 is 1.58 bits per heavy atom. The van der Waals surface area contributed by atoms with E-state index >= 15 is 0 Å². The van der Waals surface area contributed by atoms with E-state index in [0.717, 1.165) is 6.42 Å². The predicted molar refractivity (Wildman–Crippen MR) is 140 cm³/mol. The summed E-state index contributed by atoms with van der Waals surface area (Å²) in [6.45, 7) is 3.34. The van der Waals surface area contributed by atoms with Gasteiger partial charge in [0.2, 0.25) is 5.91 Å². The van der Waals surface area contributed by atoms with Crippen LogP contribution in [0.2, 0.25) is 0 Å². The first-order chi connectivity index (χ1) is 18.4. The maximum Gasteiger partial charge on any atom is 0.338 e. The Bertz CT molecular complexity index is 1370. The molecule has 0 radical (unpaired) electrons. The molecule has 0 saturated carbocycles. The van der Waals surface area contributed by atoms with Crippen LogP contribution in [0.25, 0.3) is 0 Å². The minimum atomic E-state index is -0.667. The van der Waals surface area contributed by atoms with Crippen molar-refractivity contribution < 1.29 is 28.7 Å². The lowest BCUT2D eigenvalue weighted by molar-refractivity contribution is -0.123. The van der Waals surface area contributed by atoms with Crippen molar-refractivity contribution in [1.82, 2.24) is 4.90 Å². The SMILES string of the molecule is CCOc1ccc(C(=O)COC(=O)c2ccc(N3C(=O)CC(N4CCc5ccccc5C4)C3=O)cc2)cc1. The molecule has 2 amide bonds. The predicted octanol–water partition coefficient (Wildman–Crippen LogP) is 3.82. The normalized spacial score (nSPS) is 17.3. The molecule has 1 saturated heterocycles. The number of esters is 1. The van der Waals surface area contributed by atoms with Crippen LogP contribution in [0.5, 0.6) is 5.75 Å². The second-order valence-corrected chi connectivity index (χ2v) is 9.28. The molecule has 194 valence electrons. The maximum absolute atomic E-state index is 13.2. The van der Waals surface area contributed by atoms with Crippen LogP contribution in [0.3, 0.4) is 0 Å². The molecule has 3 aromatic rings. The molecule has 2 aliphatic heterocycles. The molecular formula is C30H28N2O6. The van der Waals surface area contributed by atoms with Gasteiger partial charge in [-0.15, -0.1) is 0 Å². The fraction of sp³-hybridized carbons (Fsp3) is 0.267. The molecule has 0 aliphatic carbocycles. The Hall–Kier alpha value is -4.30. The largest absolute Gasteiger partial charge is 0.494 e. The number of hydrogen-bond acceptors (Lipinski definition) is 7. The summed E-state index contributed by atoms with van der Waals surface area (Å²) in [5.74, 6) is -0.873. The number of hydrogen-bond donors (Lipinski definition) is 0. The summed E-state index contributed by atoms with van der Waals surface area (Å²) in [6.07, 6.45) is 0.963. The number of ether oxygens (including phenoxy) is 2. The number of amides is 2. The Morgan fingerprint density at radius 1 is 0.895 bits per heavy atom. The quantitative estimate of drug-likeness (QED) is 0.257. The van der Waals surface area contributed by atoms with Gasteiger partial charge >= 0.3 is 5.97 Å². The lowest BCUT2D eigenvalue weighted by Crippen LogP contribution is -2.44. The highest BCUT2D eigenvalue weighted by Gasteiger charge is 2.43. The van der Waals surface area contributed by atoms with Gasteiger partial charge < -0.3 is 9.47 Å². The third-order valence-electron chi connectivity index (χ3n) is 6.91. The molecule has 0 aromatic heterocycles. The van der Waals surface area contributed by atoms with Crippen molar-refractivity contribution in [2.24, 2.45) is 0 Å². The summed E-state index contributed by atoms with van der Waals surface area (Å²) in [7, 11) is 0. The summed E-state index contributed by atoms with van der Waals surface area (Å²) < 4.78 is 10.5. The summed E-state index contributed by atoms with van der Waals surface area (Å²) in [5.41, 5.74) is 3.50. The van der Waals surface area contributed by atoms with Gasteiger partial charge in [-0.3, -0.25) is 19.3 Å². The zero-order chi connectivity index (χ0) is 26.6. The number of Topliss-reactive ketones (excluding diaryl/α,β-unsaturated/α-hetero) is 1. The molecule has 3 aromatic carbocycles. The first-order valence-electron chi connectivity index (χ1n) is 12.7. The molecule has 1 atom stereocenters. The van der Waals surface area contributed by atoms with Crippen molar-refractivity contribution in [1.29, 1.82) is 0 Å². The van der Waals surface area contributed by atoms with Crippen LogP contribution in [0.1, 0.15) is 45.2 Å². The number of imide groups is 1. The number of rotatable bonds is 8. The number of anilines is 1. The molecule has 8 nitrogen and oxygen atoms in total.